The Balaban J connectivity index is 1.74. The molecule has 0 aromatic heterocycles. The van der Waals surface area contributed by atoms with Gasteiger partial charge in [-0.05, 0) is 45.5 Å². The molecule has 3 aromatic carbocycles. The van der Waals surface area contributed by atoms with Crippen LogP contribution in [0.2, 0.25) is 0 Å². The first kappa shape index (κ1) is 14.8. The van der Waals surface area contributed by atoms with E-state index in [0.717, 1.165) is 11.1 Å². The number of hydrogen-bond acceptors (Lipinski definition) is 2. The Morgan fingerprint density at radius 3 is 1.18 bits per heavy atom. The van der Waals surface area contributed by atoms with Crippen molar-refractivity contribution in [3.8, 4) is 0 Å². The van der Waals surface area contributed by atoms with Crippen molar-refractivity contribution in [3.63, 3.8) is 0 Å². The monoisotopic (exact) mass is 360 g/mol. The topological polar surface area (TPSA) is 34.1 Å². The normalized spacial score (nSPS) is 32.6. The summed E-state index contributed by atoms with van der Waals surface area (Å²) in [7, 11) is 0. The summed E-state index contributed by atoms with van der Waals surface area (Å²) in [6.45, 7) is 0. The molecule has 8 rings (SSSR count). The van der Waals surface area contributed by atoms with E-state index in [2.05, 4.69) is 60.7 Å². The second-order valence-electron chi connectivity index (χ2n) is 8.35. The average molecular weight is 360 g/mol. The molecule has 132 valence electrons. The maximum Gasteiger partial charge on any atom is 0.168 e. The molecule has 0 saturated heterocycles. The van der Waals surface area contributed by atoms with Gasteiger partial charge in [0, 0.05) is 11.8 Å². The number of carbonyl (C=O) groups is 2. The first-order valence-electron chi connectivity index (χ1n) is 9.78. The summed E-state index contributed by atoms with van der Waals surface area (Å²) in [6, 6.07) is 24.9. The molecule has 5 aliphatic carbocycles. The second-order valence-corrected chi connectivity index (χ2v) is 8.35. The third-order valence-electron chi connectivity index (χ3n) is 7.66. The first-order chi connectivity index (χ1) is 13.7. The quantitative estimate of drug-likeness (QED) is 0.603. The zero-order valence-corrected chi connectivity index (χ0v) is 15.1. The van der Waals surface area contributed by atoms with Crippen LogP contribution in [0.4, 0.5) is 0 Å². The molecule has 2 atom stereocenters. The maximum absolute atomic E-state index is 13.7. The van der Waals surface area contributed by atoms with E-state index in [0.29, 0.717) is 0 Å². The van der Waals surface area contributed by atoms with E-state index >= 15 is 0 Å². The Labute approximate surface area is 162 Å². The molecule has 0 radical (unpaired) electrons. The lowest BCUT2D eigenvalue weighted by Crippen LogP contribution is -2.75. The predicted molar refractivity (Wildman–Crippen MR) is 106 cm³/mol. The van der Waals surface area contributed by atoms with Crippen LogP contribution in [0, 0.1) is 0 Å². The van der Waals surface area contributed by atoms with Crippen LogP contribution >= 0.6 is 0 Å². The Kier molecular flexibility index (Phi) is 2.33. The number of fused-ring (bicyclic) bond motifs is 1. The standard InChI is InChI=1S/C26H16O2/c27-21-13-14-22(28)26-20-12-6-5-11-19(20)25(21,26)23-15-7-1-2-8-16(15)24(26)18-10-4-3-9-17(18)23/h1-14,23-24H/t23?,24?,25-,26+. The zero-order valence-electron chi connectivity index (χ0n) is 15.1. The van der Waals surface area contributed by atoms with Gasteiger partial charge in [0.1, 0.15) is 0 Å². The van der Waals surface area contributed by atoms with Gasteiger partial charge in [0.05, 0.1) is 10.8 Å². The zero-order chi connectivity index (χ0) is 18.7. The van der Waals surface area contributed by atoms with Crippen LogP contribution in [0.1, 0.15) is 45.2 Å². The first-order valence-corrected chi connectivity index (χ1v) is 9.78. The Morgan fingerprint density at radius 2 is 0.821 bits per heavy atom. The van der Waals surface area contributed by atoms with Crippen LogP contribution in [0.5, 0.6) is 0 Å². The lowest BCUT2D eigenvalue weighted by Gasteiger charge is -2.70. The molecule has 5 aliphatic rings. The fourth-order valence-corrected chi connectivity index (χ4v) is 6.99. The Morgan fingerprint density at radius 1 is 0.500 bits per heavy atom. The van der Waals surface area contributed by atoms with Crippen LogP contribution in [0.25, 0.3) is 0 Å². The van der Waals surface area contributed by atoms with Crippen molar-refractivity contribution in [2.45, 2.75) is 22.7 Å². The summed E-state index contributed by atoms with van der Waals surface area (Å²) in [6.07, 6.45) is 3.06. The van der Waals surface area contributed by atoms with Crippen LogP contribution < -0.4 is 0 Å². The van der Waals surface area contributed by atoms with Crippen molar-refractivity contribution in [2.24, 2.45) is 0 Å². The molecular formula is C26H16O2. The molecule has 0 fully saturated rings. The molecule has 0 saturated carbocycles. The highest BCUT2D eigenvalue weighted by molar-refractivity contribution is 6.22. The Hall–Kier alpha value is -3.26. The lowest BCUT2D eigenvalue weighted by atomic mass is 9.28. The van der Waals surface area contributed by atoms with Gasteiger partial charge >= 0.3 is 0 Å². The van der Waals surface area contributed by atoms with E-state index in [1.54, 1.807) is 0 Å². The summed E-state index contributed by atoms with van der Waals surface area (Å²) in [5.41, 5.74) is 5.25. The molecule has 2 nitrogen and oxygen atoms in total. The highest BCUT2D eigenvalue weighted by Gasteiger charge is 2.80. The summed E-state index contributed by atoms with van der Waals surface area (Å²) < 4.78 is 0. The van der Waals surface area contributed by atoms with E-state index in [1.807, 2.05) is 12.1 Å². The summed E-state index contributed by atoms with van der Waals surface area (Å²) in [4.78, 5) is 27.4. The molecule has 2 heteroatoms. The Bertz CT molecular complexity index is 1140. The molecule has 0 N–H and O–H groups in total. The van der Waals surface area contributed by atoms with Gasteiger partial charge in [-0.2, -0.15) is 0 Å². The third-order valence-corrected chi connectivity index (χ3v) is 7.66. The molecule has 28 heavy (non-hydrogen) atoms. The van der Waals surface area contributed by atoms with Crippen molar-refractivity contribution in [3.05, 3.63) is 118 Å². The van der Waals surface area contributed by atoms with E-state index < -0.39 is 10.8 Å². The molecule has 0 amide bonds. The highest BCUT2D eigenvalue weighted by atomic mass is 16.1. The van der Waals surface area contributed by atoms with E-state index in [-0.39, 0.29) is 23.4 Å². The molecule has 3 aromatic rings. The number of benzene rings is 3. The van der Waals surface area contributed by atoms with Crippen molar-refractivity contribution in [1.29, 1.82) is 0 Å². The fourth-order valence-electron chi connectivity index (χ4n) is 6.99. The van der Waals surface area contributed by atoms with Gasteiger partial charge < -0.3 is 0 Å². The minimum atomic E-state index is -0.817. The van der Waals surface area contributed by atoms with Crippen molar-refractivity contribution >= 4 is 11.6 Å². The molecule has 0 aliphatic heterocycles. The molecular weight excluding hydrogens is 344 g/mol. The van der Waals surface area contributed by atoms with Gasteiger partial charge in [0.25, 0.3) is 0 Å². The maximum atomic E-state index is 13.7. The van der Waals surface area contributed by atoms with Gasteiger partial charge in [0.15, 0.2) is 11.6 Å². The van der Waals surface area contributed by atoms with Crippen molar-refractivity contribution in [1.82, 2.24) is 0 Å². The van der Waals surface area contributed by atoms with E-state index in [1.165, 1.54) is 34.4 Å². The van der Waals surface area contributed by atoms with Gasteiger partial charge in [0.2, 0.25) is 0 Å². The highest BCUT2D eigenvalue weighted by Crippen LogP contribution is 2.77. The second kappa shape index (κ2) is 4.41. The SMILES string of the molecule is O=C1C=CC(=O)[C@]23c4ccccc4[C@]12C1c2ccccc2C3c2ccccc21. The van der Waals surface area contributed by atoms with E-state index in [9.17, 15) is 9.59 Å². The van der Waals surface area contributed by atoms with E-state index in [4.69, 9.17) is 0 Å². The van der Waals surface area contributed by atoms with Gasteiger partial charge in [-0.25, -0.2) is 0 Å². The minimum absolute atomic E-state index is 0.0739. The number of rotatable bonds is 0. The number of hydrogen-bond donors (Lipinski definition) is 0. The molecule has 0 spiro atoms. The molecule has 2 bridgehead atoms. The van der Waals surface area contributed by atoms with Crippen molar-refractivity contribution in [2.75, 3.05) is 0 Å². The van der Waals surface area contributed by atoms with Crippen LogP contribution in [0.15, 0.2) is 84.9 Å². The minimum Gasteiger partial charge on any atom is -0.294 e. The average Bonchev–Trinajstić information content (AvgIpc) is 2.74. The van der Waals surface area contributed by atoms with Gasteiger partial charge in [-0.1, -0.05) is 72.8 Å². The largest absolute Gasteiger partial charge is 0.294 e. The summed E-state index contributed by atoms with van der Waals surface area (Å²) >= 11 is 0. The summed E-state index contributed by atoms with van der Waals surface area (Å²) in [5.74, 6) is -0.1000. The molecule has 0 heterocycles. The van der Waals surface area contributed by atoms with Gasteiger partial charge in [-0.15, -0.1) is 0 Å². The van der Waals surface area contributed by atoms with Gasteiger partial charge in [-0.3, -0.25) is 9.59 Å². The van der Waals surface area contributed by atoms with Crippen LogP contribution in [-0.2, 0) is 20.4 Å². The smallest absolute Gasteiger partial charge is 0.168 e. The fraction of sp³-hybridized carbons (Fsp3) is 0.154. The van der Waals surface area contributed by atoms with Crippen molar-refractivity contribution < 1.29 is 9.59 Å². The van der Waals surface area contributed by atoms with Crippen LogP contribution in [-0.4, -0.2) is 11.6 Å². The molecule has 0 unspecified atom stereocenters. The lowest BCUT2D eigenvalue weighted by molar-refractivity contribution is -0.140. The number of allylic oxidation sites excluding steroid dienone is 2. The summed E-state index contributed by atoms with van der Waals surface area (Å²) in [5, 5.41) is 0. The number of ketones is 2. The van der Waals surface area contributed by atoms with Crippen LogP contribution in [0.3, 0.4) is 0 Å². The predicted octanol–water partition coefficient (Wildman–Crippen LogP) is 4.17. The number of carbonyl (C=O) groups excluding carboxylic acids is 2. The third kappa shape index (κ3) is 1.17.